The first-order valence-corrected chi connectivity index (χ1v) is 10.1. The summed E-state index contributed by atoms with van der Waals surface area (Å²) in [5.41, 5.74) is 1.99. The van der Waals surface area contributed by atoms with Crippen LogP contribution in [0.4, 0.5) is 5.69 Å². The van der Waals surface area contributed by atoms with Gasteiger partial charge in [-0.25, -0.2) is 0 Å². The summed E-state index contributed by atoms with van der Waals surface area (Å²) in [6.45, 7) is 3.97. The number of methoxy groups -OCH3 is 2. The van der Waals surface area contributed by atoms with Crippen LogP contribution in [0, 0.1) is 0 Å². The first-order chi connectivity index (χ1) is 13.9. The maximum atomic E-state index is 12.6. The minimum Gasteiger partial charge on any atom is -0.493 e. The van der Waals surface area contributed by atoms with E-state index in [1.54, 1.807) is 38.5 Å². The van der Waals surface area contributed by atoms with Crippen LogP contribution in [0.15, 0.2) is 46.2 Å². The second-order valence-electron chi connectivity index (χ2n) is 6.67. The maximum absolute atomic E-state index is 12.6. The number of benzene rings is 2. The number of carbonyl (C=O) groups excluding carboxylic acids is 2. The van der Waals surface area contributed by atoms with Gasteiger partial charge in [0.1, 0.15) is 0 Å². The van der Waals surface area contributed by atoms with Crippen LogP contribution in [0.5, 0.6) is 11.5 Å². The molecular formula is C22H24N2O4S. The van der Waals surface area contributed by atoms with Crippen molar-refractivity contribution >= 4 is 35.3 Å². The molecule has 0 saturated heterocycles. The lowest BCUT2D eigenvalue weighted by atomic mass is 10.1. The van der Waals surface area contributed by atoms with Gasteiger partial charge in [-0.1, -0.05) is 24.8 Å². The van der Waals surface area contributed by atoms with Crippen LogP contribution in [-0.2, 0) is 4.79 Å². The van der Waals surface area contributed by atoms with Gasteiger partial charge in [-0.15, -0.1) is 0 Å². The molecule has 1 heterocycles. The Labute approximate surface area is 174 Å². The van der Waals surface area contributed by atoms with Crippen LogP contribution < -0.4 is 20.1 Å². The molecule has 6 nitrogen and oxygen atoms in total. The number of rotatable bonds is 6. The summed E-state index contributed by atoms with van der Waals surface area (Å²) in [6, 6.07) is 10.9. The van der Waals surface area contributed by atoms with Crippen molar-refractivity contribution in [1.82, 2.24) is 5.32 Å². The third-order valence-corrected chi connectivity index (χ3v) is 5.73. The van der Waals surface area contributed by atoms with Gasteiger partial charge in [0.25, 0.3) is 11.8 Å². The molecule has 0 saturated carbocycles. The Morgan fingerprint density at radius 2 is 1.93 bits per heavy atom. The van der Waals surface area contributed by atoms with Crippen molar-refractivity contribution in [1.29, 1.82) is 0 Å². The van der Waals surface area contributed by atoms with Crippen molar-refractivity contribution in [3.05, 3.63) is 52.4 Å². The van der Waals surface area contributed by atoms with Crippen molar-refractivity contribution in [2.75, 3.05) is 19.5 Å². The Bertz CT molecular complexity index is 971. The number of fused-ring (bicyclic) bond motifs is 1. The Balaban J connectivity index is 1.83. The number of nitrogens with one attached hydrogen (secondary N) is 2. The molecule has 7 heteroatoms. The Kier molecular flexibility index (Phi) is 6.49. The average Bonchev–Trinajstić information content (AvgIpc) is 2.73. The van der Waals surface area contributed by atoms with Crippen LogP contribution >= 0.6 is 11.8 Å². The molecule has 2 aromatic rings. The SMILES string of the molecule is CCC(C)NC(=O)c1ccc2c(c1)NC(=O)/C(=C\c1ccc(OC)c(OC)c1)S2. The first-order valence-electron chi connectivity index (χ1n) is 9.33. The summed E-state index contributed by atoms with van der Waals surface area (Å²) >= 11 is 1.37. The van der Waals surface area contributed by atoms with E-state index in [-0.39, 0.29) is 17.9 Å². The standard InChI is InChI=1S/C22H24N2O4S/c1-5-13(2)23-21(25)15-7-9-19-16(12-15)24-22(26)20(29-19)11-14-6-8-17(27-3)18(10-14)28-4/h6-13H,5H2,1-4H3,(H,23,25)(H,24,26)/b20-11+. The first kappa shape index (κ1) is 20.8. The molecule has 0 spiro atoms. The second kappa shape index (κ2) is 9.05. The van der Waals surface area contributed by atoms with Gasteiger partial charge in [0, 0.05) is 16.5 Å². The van der Waals surface area contributed by atoms with Gasteiger partial charge >= 0.3 is 0 Å². The van der Waals surface area contributed by atoms with Crippen LogP contribution in [0.3, 0.4) is 0 Å². The highest BCUT2D eigenvalue weighted by Crippen LogP contribution is 2.40. The fourth-order valence-electron chi connectivity index (χ4n) is 2.80. The van der Waals surface area contributed by atoms with Crippen molar-refractivity contribution in [2.24, 2.45) is 0 Å². The zero-order valence-electron chi connectivity index (χ0n) is 16.9. The maximum Gasteiger partial charge on any atom is 0.262 e. The number of hydrogen-bond acceptors (Lipinski definition) is 5. The highest BCUT2D eigenvalue weighted by molar-refractivity contribution is 8.04. The minimum absolute atomic E-state index is 0.0959. The fourth-order valence-corrected chi connectivity index (χ4v) is 3.74. The molecule has 0 aromatic heterocycles. The molecule has 0 aliphatic carbocycles. The number of thioether (sulfide) groups is 1. The van der Waals surface area contributed by atoms with E-state index in [4.69, 9.17) is 9.47 Å². The molecule has 2 N–H and O–H groups in total. The number of carbonyl (C=O) groups is 2. The van der Waals surface area contributed by atoms with E-state index in [9.17, 15) is 9.59 Å². The summed E-state index contributed by atoms with van der Waals surface area (Å²) in [5, 5.41) is 5.81. The van der Waals surface area contributed by atoms with E-state index >= 15 is 0 Å². The molecule has 29 heavy (non-hydrogen) atoms. The summed E-state index contributed by atoms with van der Waals surface area (Å²) in [7, 11) is 3.15. The van der Waals surface area contributed by atoms with Gasteiger partial charge < -0.3 is 20.1 Å². The van der Waals surface area contributed by atoms with Crippen LogP contribution in [-0.4, -0.2) is 32.1 Å². The molecule has 1 unspecified atom stereocenters. The van der Waals surface area contributed by atoms with Gasteiger partial charge in [0.15, 0.2) is 11.5 Å². The Morgan fingerprint density at radius 1 is 1.17 bits per heavy atom. The van der Waals surface area contributed by atoms with Crippen molar-refractivity contribution in [3.8, 4) is 11.5 Å². The van der Waals surface area contributed by atoms with Gasteiger partial charge in [-0.2, -0.15) is 0 Å². The average molecular weight is 413 g/mol. The highest BCUT2D eigenvalue weighted by atomic mass is 32.2. The molecule has 3 rings (SSSR count). The largest absolute Gasteiger partial charge is 0.493 e. The second-order valence-corrected chi connectivity index (χ2v) is 7.76. The molecule has 1 atom stereocenters. The van der Waals surface area contributed by atoms with Gasteiger partial charge in [0.05, 0.1) is 24.8 Å². The predicted molar refractivity (Wildman–Crippen MR) is 116 cm³/mol. The van der Waals surface area contributed by atoms with Crippen LogP contribution in [0.2, 0.25) is 0 Å². The van der Waals surface area contributed by atoms with E-state index in [2.05, 4.69) is 10.6 Å². The molecule has 1 aliphatic heterocycles. The highest BCUT2D eigenvalue weighted by Gasteiger charge is 2.22. The lowest BCUT2D eigenvalue weighted by Crippen LogP contribution is -2.32. The third-order valence-electron chi connectivity index (χ3n) is 4.63. The zero-order chi connectivity index (χ0) is 21.0. The zero-order valence-corrected chi connectivity index (χ0v) is 17.7. The van der Waals surface area contributed by atoms with Crippen molar-refractivity contribution < 1.29 is 19.1 Å². The quantitative estimate of drug-likeness (QED) is 0.691. The summed E-state index contributed by atoms with van der Waals surface area (Å²) in [5.74, 6) is 0.870. The molecular weight excluding hydrogens is 388 g/mol. The topological polar surface area (TPSA) is 76.7 Å². The van der Waals surface area contributed by atoms with E-state index in [1.165, 1.54) is 11.8 Å². The molecule has 0 bridgehead atoms. The molecule has 1 aliphatic rings. The summed E-state index contributed by atoms with van der Waals surface area (Å²) in [6.07, 6.45) is 2.65. The van der Waals surface area contributed by atoms with Crippen LogP contribution in [0.1, 0.15) is 36.2 Å². The van der Waals surface area contributed by atoms with Crippen molar-refractivity contribution in [3.63, 3.8) is 0 Å². The van der Waals surface area contributed by atoms with E-state index in [1.807, 2.05) is 32.0 Å². The van der Waals surface area contributed by atoms with E-state index < -0.39 is 0 Å². The number of amides is 2. The van der Waals surface area contributed by atoms with E-state index in [0.717, 1.165) is 16.9 Å². The number of anilines is 1. The lowest BCUT2D eigenvalue weighted by molar-refractivity contribution is -0.112. The normalized spacial score (nSPS) is 15.3. The fraction of sp³-hybridized carbons (Fsp3) is 0.273. The molecule has 2 aromatic carbocycles. The summed E-state index contributed by atoms with van der Waals surface area (Å²) in [4.78, 5) is 26.4. The van der Waals surface area contributed by atoms with Crippen molar-refractivity contribution in [2.45, 2.75) is 31.2 Å². The number of hydrogen-bond donors (Lipinski definition) is 2. The third kappa shape index (κ3) is 4.74. The van der Waals surface area contributed by atoms with Gasteiger partial charge in [-0.3, -0.25) is 9.59 Å². The monoisotopic (exact) mass is 412 g/mol. The summed E-state index contributed by atoms with van der Waals surface area (Å²) < 4.78 is 10.6. The Hall–Kier alpha value is -2.93. The number of ether oxygens (including phenoxy) is 2. The van der Waals surface area contributed by atoms with Gasteiger partial charge in [0.2, 0.25) is 0 Å². The van der Waals surface area contributed by atoms with E-state index in [0.29, 0.717) is 27.7 Å². The molecule has 152 valence electrons. The predicted octanol–water partition coefficient (Wildman–Crippen LogP) is 4.32. The minimum atomic E-state index is -0.211. The van der Waals surface area contributed by atoms with Gasteiger partial charge in [-0.05, 0) is 55.3 Å². The molecule has 0 radical (unpaired) electrons. The van der Waals surface area contributed by atoms with Crippen LogP contribution in [0.25, 0.3) is 6.08 Å². The Morgan fingerprint density at radius 3 is 2.62 bits per heavy atom. The molecule has 0 fully saturated rings. The smallest absolute Gasteiger partial charge is 0.262 e. The lowest BCUT2D eigenvalue weighted by Gasteiger charge is -2.20. The molecule has 2 amide bonds.